The van der Waals surface area contributed by atoms with Crippen molar-refractivity contribution in [2.24, 2.45) is 0 Å². The summed E-state index contributed by atoms with van der Waals surface area (Å²) in [5, 5.41) is 2.63. The largest absolute Gasteiger partial charge is 0.441 e. The van der Waals surface area contributed by atoms with Crippen LogP contribution in [0.15, 0.2) is 34.1 Å². The summed E-state index contributed by atoms with van der Waals surface area (Å²) >= 11 is 1.48. The lowest BCUT2D eigenvalue weighted by atomic mass is 10.2. The number of anilines is 1. The number of thiazole rings is 1. The summed E-state index contributed by atoms with van der Waals surface area (Å²) in [7, 11) is 0. The summed E-state index contributed by atoms with van der Waals surface area (Å²) in [6.07, 6.45) is 2.70. The molecule has 3 rings (SSSR count). The number of aromatic nitrogens is 2. The van der Waals surface area contributed by atoms with Gasteiger partial charge in [-0.15, -0.1) is 11.3 Å². The molecule has 0 atom stereocenters. The Kier molecular flexibility index (Phi) is 2.98. The first-order valence-electron chi connectivity index (χ1n) is 5.85. The minimum Gasteiger partial charge on any atom is -0.441 e. The quantitative estimate of drug-likeness (QED) is 0.782. The molecule has 0 spiro atoms. The number of nitrogen functional groups attached to an aromatic ring is 1. The van der Waals surface area contributed by atoms with E-state index in [0.717, 1.165) is 41.9 Å². The van der Waals surface area contributed by atoms with Crippen LogP contribution in [0.3, 0.4) is 0 Å². The Morgan fingerprint density at radius 1 is 1.17 bits per heavy atom. The predicted molar refractivity (Wildman–Crippen MR) is 72.6 cm³/mol. The predicted octanol–water partition coefficient (Wildman–Crippen LogP) is 3.04. The molecule has 3 aromatic rings. The Hall–Kier alpha value is -1.88. The van der Waals surface area contributed by atoms with E-state index in [1.807, 2.05) is 29.6 Å². The van der Waals surface area contributed by atoms with Gasteiger partial charge >= 0.3 is 0 Å². The molecule has 2 aromatic heterocycles. The zero-order chi connectivity index (χ0) is 12.4. The van der Waals surface area contributed by atoms with Gasteiger partial charge in [-0.1, -0.05) is 12.1 Å². The summed E-state index contributed by atoms with van der Waals surface area (Å²) < 4.78 is 5.66. The van der Waals surface area contributed by atoms with Crippen LogP contribution in [0.25, 0.3) is 11.1 Å². The number of para-hydroxylation sites is 2. The summed E-state index contributed by atoms with van der Waals surface area (Å²) in [5.74, 6) is 0.791. The topological polar surface area (TPSA) is 64.9 Å². The second-order valence-corrected chi connectivity index (χ2v) is 5.00. The SMILES string of the molecule is Nc1nc(CCCc2nc3ccccc3o2)cs1. The van der Waals surface area contributed by atoms with E-state index in [4.69, 9.17) is 10.2 Å². The molecule has 2 heterocycles. The highest BCUT2D eigenvalue weighted by atomic mass is 32.1. The number of hydrogen-bond donors (Lipinski definition) is 1. The van der Waals surface area contributed by atoms with Crippen molar-refractivity contribution in [1.29, 1.82) is 0 Å². The van der Waals surface area contributed by atoms with Crippen LogP contribution in [0, 0.1) is 0 Å². The van der Waals surface area contributed by atoms with E-state index < -0.39 is 0 Å². The fourth-order valence-corrected chi connectivity index (χ4v) is 2.48. The van der Waals surface area contributed by atoms with Crippen molar-refractivity contribution < 1.29 is 4.42 Å². The smallest absolute Gasteiger partial charge is 0.195 e. The molecule has 5 heteroatoms. The Bertz CT molecular complexity index is 626. The number of nitrogens with zero attached hydrogens (tertiary/aromatic N) is 2. The van der Waals surface area contributed by atoms with E-state index in [0.29, 0.717) is 5.13 Å². The van der Waals surface area contributed by atoms with Gasteiger partial charge in [0.2, 0.25) is 0 Å². The highest BCUT2D eigenvalue weighted by molar-refractivity contribution is 7.13. The van der Waals surface area contributed by atoms with Crippen molar-refractivity contribution in [3.8, 4) is 0 Å². The number of nitrogens with two attached hydrogens (primary N) is 1. The fraction of sp³-hybridized carbons (Fsp3) is 0.231. The lowest BCUT2D eigenvalue weighted by Gasteiger charge is -1.94. The van der Waals surface area contributed by atoms with E-state index in [1.165, 1.54) is 11.3 Å². The molecule has 0 saturated carbocycles. The van der Waals surface area contributed by atoms with Crippen molar-refractivity contribution >= 4 is 27.6 Å². The lowest BCUT2D eigenvalue weighted by Crippen LogP contribution is -1.91. The zero-order valence-corrected chi connectivity index (χ0v) is 10.6. The minimum absolute atomic E-state index is 0.631. The van der Waals surface area contributed by atoms with E-state index in [-0.39, 0.29) is 0 Å². The molecule has 18 heavy (non-hydrogen) atoms. The molecule has 4 nitrogen and oxygen atoms in total. The zero-order valence-electron chi connectivity index (χ0n) is 9.80. The molecule has 0 bridgehead atoms. The Labute approximate surface area is 108 Å². The van der Waals surface area contributed by atoms with Crippen LogP contribution < -0.4 is 5.73 Å². The molecule has 0 amide bonds. The van der Waals surface area contributed by atoms with Crippen molar-refractivity contribution in [2.75, 3.05) is 5.73 Å². The van der Waals surface area contributed by atoms with Gasteiger partial charge in [0.05, 0.1) is 5.69 Å². The number of aryl methyl sites for hydroxylation is 2. The second-order valence-electron chi connectivity index (χ2n) is 4.11. The Balaban J connectivity index is 1.62. The van der Waals surface area contributed by atoms with Gasteiger partial charge in [-0.25, -0.2) is 9.97 Å². The minimum atomic E-state index is 0.631. The third-order valence-corrected chi connectivity index (χ3v) is 3.45. The fourth-order valence-electron chi connectivity index (χ4n) is 1.89. The highest BCUT2D eigenvalue weighted by Gasteiger charge is 2.05. The number of rotatable bonds is 4. The van der Waals surface area contributed by atoms with Crippen LogP contribution in [0.2, 0.25) is 0 Å². The second kappa shape index (κ2) is 4.78. The molecule has 1 aromatic carbocycles. The molecule has 0 unspecified atom stereocenters. The summed E-state index contributed by atoms with van der Waals surface area (Å²) in [4.78, 5) is 8.67. The summed E-state index contributed by atoms with van der Waals surface area (Å²) in [6, 6.07) is 7.82. The highest BCUT2D eigenvalue weighted by Crippen LogP contribution is 2.17. The molecule has 92 valence electrons. The molecule has 0 aliphatic rings. The first-order chi connectivity index (χ1) is 8.81. The lowest BCUT2D eigenvalue weighted by molar-refractivity contribution is 0.519. The molecule has 0 aliphatic heterocycles. The average Bonchev–Trinajstić information content (AvgIpc) is 2.95. The normalized spacial score (nSPS) is 11.1. The van der Waals surface area contributed by atoms with Gasteiger partial charge in [0.25, 0.3) is 0 Å². The van der Waals surface area contributed by atoms with Crippen LogP contribution >= 0.6 is 11.3 Å². The van der Waals surface area contributed by atoms with Gasteiger partial charge in [-0.05, 0) is 25.0 Å². The third-order valence-electron chi connectivity index (χ3n) is 2.73. The molecule has 2 N–H and O–H groups in total. The van der Waals surface area contributed by atoms with E-state index in [1.54, 1.807) is 0 Å². The monoisotopic (exact) mass is 259 g/mol. The van der Waals surface area contributed by atoms with Crippen molar-refractivity contribution in [2.45, 2.75) is 19.3 Å². The first-order valence-corrected chi connectivity index (χ1v) is 6.73. The first kappa shape index (κ1) is 11.2. The van der Waals surface area contributed by atoms with Gasteiger partial charge in [-0.2, -0.15) is 0 Å². The molecular weight excluding hydrogens is 246 g/mol. The maximum Gasteiger partial charge on any atom is 0.195 e. The van der Waals surface area contributed by atoms with Crippen LogP contribution in [-0.2, 0) is 12.8 Å². The van der Waals surface area contributed by atoms with E-state index in [9.17, 15) is 0 Å². The molecular formula is C13H13N3OS. The van der Waals surface area contributed by atoms with Crippen molar-refractivity contribution in [1.82, 2.24) is 9.97 Å². The number of fused-ring (bicyclic) bond motifs is 1. The number of hydrogen-bond acceptors (Lipinski definition) is 5. The summed E-state index contributed by atoms with van der Waals surface area (Å²) in [6.45, 7) is 0. The van der Waals surface area contributed by atoms with Crippen LogP contribution in [0.1, 0.15) is 18.0 Å². The molecule has 0 fully saturated rings. The van der Waals surface area contributed by atoms with Crippen LogP contribution in [-0.4, -0.2) is 9.97 Å². The number of oxazole rings is 1. The molecule has 0 radical (unpaired) electrons. The Morgan fingerprint density at radius 3 is 2.83 bits per heavy atom. The van der Waals surface area contributed by atoms with E-state index in [2.05, 4.69) is 9.97 Å². The van der Waals surface area contributed by atoms with Crippen molar-refractivity contribution in [3.63, 3.8) is 0 Å². The number of benzene rings is 1. The maximum atomic E-state index is 5.66. The molecule has 0 aliphatic carbocycles. The van der Waals surface area contributed by atoms with Gasteiger partial charge in [0.1, 0.15) is 5.52 Å². The van der Waals surface area contributed by atoms with Crippen LogP contribution in [0.4, 0.5) is 5.13 Å². The third kappa shape index (κ3) is 2.36. The van der Waals surface area contributed by atoms with Gasteiger partial charge in [0.15, 0.2) is 16.6 Å². The van der Waals surface area contributed by atoms with Gasteiger partial charge < -0.3 is 10.2 Å². The average molecular weight is 259 g/mol. The van der Waals surface area contributed by atoms with Gasteiger partial charge in [0, 0.05) is 11.8 Å². The standard InChI is InChI=1S/C13H13N3OS/c14-13-15-9(8-18-13)4-3-7-12-16-10-5-1-2-6-11(10)17-12/h1-2,5-6,8H,3-4,7H2,(H2,14,15). The van der Waals surface area contributed by atoms with Crippen molar-refractivity contribution in [3.05, 3.63) is 41.2 Å². The maximum absolute atomic E-state index is 5.66. The summed E-state index contributed by atoms with van der Waals surface area (Å²) in [5.41, 5.74) is 8.41. The van der Waals surface area contributed by atoms with E-state index >= 15 is 0 Å². The van der Waals surface area contributed by atoms with Gasteiger partial charge in [-0.3, -0.25) is 0 Å². The Morgan fingerprint density at radius 2 is 2.06 bits per heavy atom. The van der Waals surface area contributed by atoms with Crippen LogP contribution in [0.5, 0.6) is 0 Å². The molecule has 0 saturated heterocycles.